The summed E-state index contributed by atoms with van der Waals surface area (Å²) in [5, 5.41) is 9.36. The van der Waals surface area contributed by atoms with Gasteiger partial charge in [0, 0.05) is 18.2 Å². The van der Waals surface area contributed by atoms with Gasteiger partial charge in [-0.25, -0.2) is 0 Å². The minimum atomic E-state index is -4.78. The second kappa shape index (κ2) is 5.95. The first kappa shape index (κ1) is 15.8. The highest BCUT2D eigenvalue weighted by atomic mass is 35.5. The number of phenols is 1. The van der Waals surface area contributed by atoms with Crippen LogP contribution >= 0.6 is 12.4 Å². The molecule has 0 fully saturated rings. The molecule has 1 aromatic carbocycles. The number of aromatic hydroxyl groups is 1. The quantitative estimate of drug-likeness (QED) is 0.782. The molecule has 98 valence electrons. The average Bonchev–Trinajstić information content (AvgIpc) is 2.18. The van der Waals surface area contributed by atoms with Crippen LogP contribution in [0.15, 0.2) is 18.2 Å². The number of alkyl halides is 3. The molecule has 0 spiro atoms. The largest absolute Gasteiger partial charge is 0.573 e. The number of rotatable bonds is 3. The van der Waals surface area contributed by atoms with Crippen molar-refractivity contribution in [3.05, 3.63) is 23.8 Å². The molecule has 8 heteroatoms. The highest BCUT2D eigenvalue weighted by molar-refractivity contribution is 5.85. The maximum absolute atomic E-state index is 11.9. The van der Waals surface area contributed by atoms with Crippen molar-refractivity contribution in [1.82, 2.24) is 0 Å². The lowest BCUT2D eigenvalue weighted by molar-refractivity contribution is -0.274. The van der Waals surface area contributed by atoms with Crippen LogP contribution in [0.25, 0.3) is 0 Å². The van der Waals surface area contributed by atoms with Crippen LogP contribution in [0.3, 0.4) is 0 Å². The summed E-state index contributed by atoms with van der Waals surface area (Å²) in [5.74, 6) is -0.656. The first-order chi connectivity index (χ1) is 7.33. The van der Waals surface area contributed by atoms with E-state index in [9.17, 15) is 18.3 Å². The normalized spacial score (nSPS) is 12.8. The Bertz CT molecular complexity index is 374. The highest BCUT2D eigenvalue weighted by Gasteiger charge is 2.31. The third kappa shape index (κ3) is 4.68. The first-order valence-electron chi connectivity index (χ1n) is 4.38. The standard InChI is InChI=1S/C9H11F3N2O2.ClH/c10-9(11,12)16-5-1-2-8(15)6(3-5)7(14)4-13;/h1-3,7,15H,4,13-14H2;1H/t7-;/m0./s1. The predicted octanol–water partition coefficient (Wildman–Crippen LogP) is 1.67. The molecular weight excluding hydrogens is 261 g/mol. The van der Waals surface area contributed by atoms with E-state index in [1.54, 1.807) is 0 Å². The molecule has 0 amide bonds. The number of nitrogens with two attached hydrogens (primary N) is 2. The van der Waals surface area contributed by atoms with Gasteiger partial charge in [0.2, 0.25) is 0 Å². The number of ether oxygens (including phenoxy) is 1. The van der Waals surface area contributed by atoms with Gasteiger partial charge < -0.3 is 21.3 Å². The van der Waals surface area contributed by atoms with E-state index in [0.29, 0.717) is 0 Å². The Hall–Kier alpha value is -1.18. The molecular formula is C9H12ClF3N2O2. The third-order valence-electron chi connectivity index (χ3n) is 1.89. The molecule has 0 aliphatic rings. The van der Waals surface area contributed by atoms with Crippen molar-refractivity contribution in [2.45, 2.75) is 12.4 Å². The van der Waals surface area contributed by atoms with Crippen LogP contribution in [0, 0.1) is 0 Å². The summed E-state index contributed by atoms with van der Waals surface area (Å²) >= 11 is 0. The van der Waals surface area contributed by atoms with Gasteiger partial charge in [0.25, 0.3) is 0 Å². The molecule has 17 heavy (non-hydrogen) atoms. The number of hydrogen-bond acceptors (Lipinski definition) is 4. The maximum Gasteiger partial charge on any atom is 0.573 e. The second-order valence-electron chi connectivity index (χ2n) is 3.11. The summed E-state index contributed by atoms with van der Waals surface area (Å²) in [5.41, 5.74) is 10.9. The minimum Gasteiger partial charge on any atom is -0.508 e. The van der Waals surface area contributed by atoms with E-state index in [-0.39, 0.29) is 30.3 Å². The van der Waals surface area contributed by atoms with Crippen LogP contribution in [0.4, 0.5) is 13.2 Å². The molecule has 0 saturated carbocycles. The molecule has 1 atom stereocenters. The summed E-state index contributed by atoms with van der Waals surface area (Å²) in [7, 11) is 0. The summed E-state index contributed by atoms with van der Waals surface area (Å²) in [6.07, 6.45) is -4.78. The van der Waals surface area contributed by atoms with Crippen molar-refractivity contribution >= 4 is 12.4 Å². The van der Waals surface area contributed by atoms with Crippen molar-refractivity contribution < 1.29 is 23.0 Å². The molecule has 0 unspecified atom stereocenters. The average molecular weight is 273 g/mol. The summed E-state index contributed by atoms with van der Waals surface area (Å²) in [6.45, 7) is 0.00301. The fourth-order valence-electron chi connectivity index (χ4n) is 1.15. The lowest BCUT2D eigenvalue weighted by Crippen LogP contribution is -2.21. The molecule has 0 heterocycles. The van der Waals surface area contributed by atoms with Gasteiger partial charge in [-0.15, -0.1) is 25.6 Å². The van der Waals surface area contributed by atoms with Crippen LogP contribution < -0.4 is 16.2 Å². The van der Waals surface area contributed by atoms with E-state index in [4.69, 9.17) is 11.5 Å². The lowest BCUT2D eigenvalue weighted by atomic mass is 10.1. The fourth-order valence-corrected chi connectivity index (χ4v) is 1.15. The van der Waals surface area contributed by atoms with E-state index in [1.807, 2.05) is 0 Å². The lowest BCUT2D eigenvalue weighted by Gasteiger charge is -2.14. The van der Waals surface area contributed by atoms with Crippen molar-refractivity contribution in [2.75, 3.05) is 6.54 Å². The van der Waals surface area contributed by atoms with Gasteiger partial charge in [-0.05, 0) is 18.2 Å². The van der Waals surface area contributed by atoms with Crippen molar-refractivity contribution in [3.63, 3.8) is 0 Å². The zero-order chi connectivity index (χ0) is 12.3. The Balaban J connectivity index is 0.00000256. The third-order valence-corrected chi connectivity index (χ3v) is 1.89. The van der Waals surface area contributed by atoms with E-state index >= 15 is 0 Å². The van der Waals surface area contributed by atoms with Crippen LogP contribution in [-0.2, 0) is 0 Å². The number of halogens is 4. The number of benzene rings is 1. The minimum absolute atomic E-state index is 0. The maximum atomic E-state index is 11.9. The topological polar surface area (TPSA) is 81.5 Å². The van der Waals surface area contributed by atoms with Crippen molar-refractivity contribution in [1.29, 1.82) is 0 Å². The van der Waals surface area contributed by atoms with Gasteiger partial charge in [0.15, 0.2) is 0 Å². The monoisotopic (exact) mass is 272 g/mol. The predicted molar refractivity (Wildman–Crippen MR) is 58.0 cm³/mol. The summed E-state index contributed by atoms with van der Waals surface area (Å²) < 4.78 is 39.4. The molecule has 5 N–H and O–H groups in total. The Labute approximate surface area is 102 Å². The van der Waals surface area contributed by atoms with E-state index in [2.05, 4.69) is 4.74 Å². The molecule has 0 aliphatic heterocycles. The second-order valence-corrected chi connectivity index (χ2v) is 3.11. The van der Waals surface area contributed by atoms with Gasteiger partial charge in [-0.2, -0.15) is 0 Å². The molecule has 0 radical (unpaired) electrons. The molecule has 1 rings (SSSR count). The number of hydrogen-bond donors (Lipinski definition) is 3. The molecule has 1 aromatic rings. The van der Waals surface area contributed by atoms with Gasteiger partial charge in [0.1, 0.15) is 11.5 Å². The zero-order valence-corrected chi connectivity index (χ0v) is 9.39. The number of phenolic OH excluding ortho intramolecular Hbond substituents is 1. The Morgan fingerprint density at radius 1 is 1.35 bits per heavy atom. The van der Waals surface area contributed by atoms with Crippen molar-refractivity contribution in [2.24, 2.45) is 11.5 Å². The van der Waals surface area contributed by atoms with Gasteiger partial charge >= 0.3 is 6.36 Å². The van der Waals surface area contributed by atoms with Crippen LogP contribution in [0.1, 0.15) is 11.6 Å². The SMILES string of the molecule is Cl.NC[C@H](N)c1cc(OC(F)(F)F)ccc1O. The smallest absolute Gasteiger partial charge is 0.508 e. The Kier molecular flexibility index (Phi) is 5.53. The van der Waals surface area contributed by atoms with E-state index in [1.165, 1.54) is 0 Å². The van der Waals surface area contributed by atoms with Gasteiger partial charge in [0.05, 0.1) is 0 Å². The Morgan fingerprint density at radius 3 is 2.41 bits per heavy atom. The molecule has 0 bridgehead atoms. The van der Waals surface area contributed by atoms with E-state index in [0.717, 1.165) is 18.2 Å². The molecule has 0 saturated heterocycles. The molecule has 0 aromatic heterocycles. The summed E-state index contributed by atoms with van der Waals surface area (Å²) in [6, 6.07) is 2.35. The van der Waals surface area contributed by atoms with Crippen LogP contribution in [0.5, 0.6) is 11.5 Å². The van der Waals surface area contributed by atoms with Gasteiger partial charge in [-0.1, -0.05) is 0 Å². The van der Waals surface area contributed by atoms with E-state index < -0.39 is 18.2 Å². The van der Waals surface area contributed by atoms with Crippen molar-refractivity contribution in [3.8, 4) is 11.5 Å². The van der Waals surface area contributed by atoms with Crippen LogP contribution in [0.2, 0.25) is 0 Å². The fraction of sp³-hybridized carbons (Fsp3) is 0.333. The zero-order valence-electron chi connectivity index (χ0n) is 8.57. The van der Waals surface area contributed by atoms with Crippen LogP contribution in [-0.4, -0.2) is 18.0 Å². The van der Waals surface area contributed by atoms with Gasteiger partial charge in [-0.3, -0.25) is 0 Å². The summed E-state index contributed by atoms with van der Waals surface area (Å²) in [4.78, 5) is 0. The first-order valence-corrected chi connectivity index (χ1v) is 4.38. The molecule has 4 nitrogen and oxygen atoms in total. The Morgan fingerprint density at radius 2 is 1.94 bits per heavy atom. The highest BCUT2D eigenvalue weighted by Crippen LogP contribution is 2.30. The molecule has 0 aliphatic carbocycles.